The van der Waals surface area contributed by atoms with Crippen LogP contribution in [-0.2, 0) is 21.2 Å². The number of hydrogen-bond acceptors (Lipinski definition) is 9. The summed E-state index contributed by atoms with van der Waals surface area (Å²) in [7, 11) is 1.22. The van der Waals surface area contributed by atoms with E-state index >= 15 is 0 Å². The number of nitrogens with one attached hydrogen (secondary N) is 1. The molecule has 2 heterocycles. The normalized spacial score (nSPS) is 18.6. The largest absolute Gasteiger partial charge is 0.465 e. The number of nitrogens with zero attached hydrogens (tertiary/aromatic N) is 1. The van der Waals surface area contributed by atoms with Crippen LogP contribution in [0.15, 0.2) is 48.7 Å². The molecule has 206 valence electrons. The van der Waals surface area contributed by atoms with Crippen LogP contribution in [-0.4, -0.2) is 29.8 Å². The molecule has 13 heteroatoms. The maximum absolute atomic E-state index is 13.8. The Morgan fingerprint density at radius 1 is 1.12 bits per heavy atom. The van der Waals surface area contributed by atoms with E-state index in [9.17, 15) is 27.6 Å². The van der Waals surface area contributed by atoms with E-state index in [1.54, 1.807) is 19.1 Å². The van der Waals surface area contributed by atoms with Crippen LogP contribution >= 0.6 is 11.3 Å². The number of rotatable bonds is 4. The number of thiophene rings is 1. The molecule has 0 bridgehead atoms. The average Bonchev–Trinajstić information content (AvgIpc) is 3.32. The molecule has 5 rings (SSSR count). The van der Waals surface area contributed by atoms with Crippen LogP contribution in [0.25, 0.3) is 10.1 Å². The van der Waals surface area contributed by atoms with Crippen LogP contribution in [0.3, 0.4) is 0 Å². The minimum Gasteiger partial charge on any atom is -0.465 e. The Kier molecular flexibility index (Phi) is 6.40. The lowest BCUT2D eigenvalue weighted by Gasteiger charge is -2.37. The predicted octanol–water partition coefficient (Wildman–Crippen LogP) is 4.03. The second kappa shape index (κ2) is 9.40. The van der Waals surface area contributed by atoms with Crippen molar-refractivity contribution >= 4 is 50.6 Å². The third-order valence-electron chi connectivity index (χ3n) is 6.93. The molecule has 0 radical (unpaired) electrons. The molecular weight excluding hydrogens is 547 g/mol. The zero-order valence-electron chi connectivity index (χ0n) is 21.1. The SMILES string of the molecule is COC(=O)c1sc2c(N)ccc3c2c1C(N)C(=O)C3(N)c1ccc(C(=O)Nc2cc(C(F)(F)F)ccn2)cc1C. The number of anilines is 2. The van der Waals surface area contributed by atoms with Gasteiger partial charge in [-0.05, 0) is 53.9 Å². The van der Waals surface area contributed by atoms with Gasteiger partial charge in [-0.15, -0.1) is 11.3 Å². The molecule has 7 N–H and O–H groups in total. The van der Waals surface area contributed by atoms with E-state index in [1.165, 1.54) is 25.3 Å². The fourth-order valence-electron chi connectivity index (χ4n) is 5.01. The smallest absolute Gasteiger partial charge is 0.416 e. The second-order valence-corrected chi connectivity index (χ2v) is 10.3. The fraction of sp³-hybridized carbons (Fsp3) is 0.185. The molecule has 2 aromatic carbocycles. The number of hydrogen-bond donors (Lipinski definition) is 4. The number of aromatic nitrogens is 1. The molecule has 1 amide bonds. The molecule has 0 saturated heterocycles. The summed E-state index contributed by atoms with van der Waals surface area (Å²) in [5.74, 6) is -2.22. The number of pyridine rings is 1. The van der Waals surface area contributed by atoms with Crippen LogP contribution in [0.4, 0.5) is 24.7 Å². The van der Waals surface area contributed by atoms with Crippen molar-refractivity contribution in [2.75, 3.05) is 18.2 Å². The Morgan fingerprint density at radius 2 is 1.82 bits per heavy atom. The van der Waals surface area contributed by atoms with Gasteiger partial charge < -0.3 is 27.3 Å². The first-order chi connectivity index (χ1) is 18.8. The number of methoxy groups -OCH3 is 1. The van der Waals surface area contributed by atoms with Crippen LogP contribution in [0, 0.1) is 6.92 Å². The molecule has 40 heavy (non-hydrogen) atoms. The Hall–Kier alpha value is -4.33. The minimum atomic E-state index is -4.60. The maximum atomic E-state index is 13.8. The van der Waals surface area contributed by atoms with E-state index in [4.69, 9.17) is 21.9 Å². The maximum Gasteiger partial charge on any atom is 0.416 e. The lowest BCUT2D eigenvalue weighted by atomic mass is 9.69. The van der Waals surface area contributed by atoms with Gasteiger partial charge in [0.05, 0.1) is 23.4 Å². The molecule has 0 aliphatic heterocycles. The van der Waals surface area contributed by atoms with Gasteiger partial charge in [0.15, 0.2) is 5.78 Å². The van der Waals surface area contributed by atoms with Gasteiger partial charge in [-0.1, -0.05) is 12.1 Å². The van der Waals surface area contributed by atoms with E-state index in [0.29, 0.717) is 38.0 Å². The average molecular weight is 570 g/mol. The molecule has 2 unspecified atom stereocenters. The lowest BCUT2D eigenvalue weighted by Crippen LogP contribution is -2.52. The molecule has 4 aromatic rings. The molecular formula is C27H22F3N5O4S. The highest BCUT2D eigenvalue weighted by Crippen LogP contribution is 2.50. The van der Waals surface area contributed by atoms with Gasteiger partial charge in [0.2, 0.25) is 0 Å². The first-order valence-electron chi connectivity index (χ1n) is 11.8. The predicted molar refractivity (Wildman–Crippen MR) is 143 cm³/mol. The molecule has 0 spiro atoms. The summed E-state index contributed by atoms with van der Waals surface area (Å²) in [6.45, 7) is 1.64. The van der Waals surface area contributed by atoms with Gasteiger partial charge in [0.1, 0.15) is 16.2 Å². The summed E-state index contributed by atoms with van der Waals surface area (Å²) < 4.78 is 44.5. The summed E-state index contributed by atoms with van der Waals surface area (Å²) in [5, 5.41) is 2.85. The number of ketones is 1. The molecule has 9 nitrogen and oxygen atoms in total. The third-order valence-corrected chi connectivity index (χ3v) is 8.16. The quantitative estimate of drug-likeness (QED) is 0.211. The van der Waals surface area contributed by atoms with E-state index in [1.807, 2.05) is 0 Å². The summed E-state index contributed by atoms with van der Waals surface area (Å²) in [6, 6.07) is 7.80. The standard InChI is InChI=1S/C27H22F3N5O4S/c1-11-9-12(24(37)35-17-10-13(7-8-34-17)27(28,29)30)3-4-14(11)26(33)15-5-6-16(31)21-18(15)19(20(32)23(26)36)22(40-21)25(38)39-2/h3-10,20H,31-33H2,1-2H3,(H,34,35,37). The number of esters is 1. The van der Waals surface area contributed by atoms with Crippen molar-refractivity contribution in [2.45, 2.75) is 24.7 Å². The van der Waals surface area contributed by atoms with Crippen molar-refractivity contribution in [3.8, 4) is 0 Å². The number of nitrogens with two attached hydrogens (primary N) is 3. The van der Waals surface area contributed by atoms with Crippen molar-refractivity contribution in [3.63, 3.8) is 0 Å². The number of nitrogen functional groups attached to an aromatic ring is 1. The van der Waals surface area contributed by atoms with Crippen LogP contribution in [0.1, 0.15) is 53.9 Å². The summed E-state index contributed by atoms with van der Waals surface area (Å²) in [5.41, 5.74) is 18.7. The number of amides is 1. The number of ether oxygens (including phenoxy) is 1. The fourth-order valence-corrected chi connectivity index (χ4v) is 6.23. The first kappa shape index (κ1) is 27.2. The minimum absolute atomic E-state index is 0.100. The van der Waals surface area contributed by atoms with E-state index in [-0.39, 0.29) is 16.3 Å². The number of carbonyl (C=O) groups is 3. The zero-order chi connectivity index (χ0) is 29.1. The van der Waals surface area contributed by atoms with Crippen LogP contribution in [0.2, 0.25) is 0 Å². The highest BCUT2D eigenvalue weighted by Gasteiger charge is 2.49. The van der Waals surface area contributed by atoms with Gasteiger partial charge in [0.25, 0.3) is 5.91 Å². The number of carbonyl (C=O) groups excluding carboxylic acids is 3. The van der Waals surface area contributed by atoms with Gasteiger partial charge >= 0.3 is 12.1 Å². The van der Waals surface area contributed by atoms with E-state index in [2.05, 4.69) is 10.3 Å². The molecule has 1 aliphatic rings. The van der Waals surface area contributed by atoms with E-state index in [0.717, 1.165) is 29.7 Å². The Bertz CT molecular complexity index is 1740. The van der Waals surface area contributed by atoms with Crippen molar-refractivity contribution < 1.29 is 32.3 Å². The van der Waals surface area contributed by atoms with Gasteiger partial charge in [0, 0.05) is 28.4 Å². The van der Waals surface area contributed by atoms with Crippen molar-refractivity contribution in [1.82, 2.24) is 4.98 Å². The lowest BCUT2D eigenvalue weighted by molar-refractivity contribution is -0.137. The number of alkyl halides is 3. The molecule has 0 saturated carbocycles. The topological polar surface area (TPSA) is 163 Å². The molecule has 1 aliphatic carbocycles. The van der Waals surface area contributed by atoms with Crippen molar-refractivity contribution in [3.05, 3.63) is 86.9 Å². The van der Waals surface area contributed by atoms with Gasteiger partial charge in [-0.2, -0.15) is 13.2 Å². The Balaban J connectivity index is 1.58. The highest BCUT2D eigenvalue weighted by molar-refractivity contribution is 7.21. The monoisotopic (exact) mass is 569 g/mol. The first-order valence-corrected chi connectivity index (χ1v) is 12.6. The zero-order valence-corrected chi connectivity index (χ0v) is 21.9. The number of aryl methyl sites for hydroxylation is 1. The molecule has 0 fully saturated rings. The van der Waals surface area contributed by atoms with Crippen LogP contribution < -0.4 is 22.5 Å². The second-order valence-electron chi connectivity index (χ2n) is 9.30. The summed E-state index contributed by atoms with van der Waals surface area (Å²) >= 11 is 1.06. The van der Waals surface area contributed by atoms with Crippen molar-refractivity contribution in [1.29, 1.82) is 0 Å². The summed E-state index contributed by atoms with van der Waals surface area (Å²) in [6.07, 6.45) is -3.66. The summed E-state index contributed by atoms with van der Waals surface area (Å²) in [4.78, 5) is 43.1. The molecule has 2 atom stereocenters. The number of benzene rings is 2. The van der Waals surface area contributed by atoms with E-state index < -0.39 is 41.0 Å². The van der Waals surface area contributed by atoms with Crippen molar-refractivity contribution in [2.24, 2.45) is 11.5 Å². The number of Topliss-reactive ketones (excluding diaryl/α,β-unsaturated/α-hetero) is 1. The number of halogens is 3. The van der Waals surface area contributed by atoms with Gasteiger partial charge in [-0.3, -0.25) is 9.59 Å². The van der Waals surface area contributed by atoms with Crippen LogP contribution in [0.5, 0.6) is 0 Å². The Labute approximate surface area is 229 Å². The van der Waals surface area contributed by atoms with Gasteiger partial charge in [-0.25, -0.2) is 9.78 Å². The highest BCUT2D eigenvalue weighted by atomic mass is 32.1. The third kappa shape index (κ3) is 4.10. The molecule has 2 aromatic heterocycles. The Morgan fingerprint density at radius 3 is 2.48 bits per heavy atom.